The molecule has 0 saturated heterocycles. The topological polar surface area (TPSA) is 150 Å². The van der Waals surface area contributed by atoms with Gasteiger partial charge in [0.1, 0.15) is 23.0 Å². The van der Waals surface area contributed by atoms with Gasteiger partial charge >= 0.3 is 18.2 Å². The molecule has 12 nitrogen and oxygen atoms in total. The van der Waals surface area contributed by atoms with Crippen LogP contribution in [0.4, 0.5) is 28.2 Å². The van der Waals surface area contributed by atoms with Crippen molar-refractivity contribution < 1.29 is 51.0 Å². The van der Waals surface area contributed by atoms with Crippen molar-refractivity contribution in [3.63, 3.8) is 0 Å². The van der Waals surface area contributed by atoms with Crippen molar-refractivity contribution in [3.8, 4) is 0 Å². The minimum atomic E-state index is -4.82. The van der Waals surface area contributed by atoms with Crippen LogP contribution in [0.25, 0.3) is 0 Å². The highest BCUT2D eigenvalue weighted by molar-refractivity contribution is 5.98. The van der Waals surface area contributed by atoms with E-state index in [9.17, 15) is 36.7 Å². The average molecular weight is 710 g/mol. The lowest BCUT2D eigenvalue weighted by molar-refractivity contribution is -0.145. The number of nitrogens with one attached hydrogen (secondary N) is 3. The van der Waals surface area contributed by atoms with Gasteiger partial charge in [-0.15, -0.1) is 0 Å². The molecule has 1 aromatic heterocycles. The van der Waals surface area contributed by atoms with Crippen LogP contribution >= 0.6 is 0 Å². The van der Waals surface area contributed by atoms with Gasteiger partial charge in [0.05, 0.1) is 31.7 Å². The summed E-state index contributed by atoms with van der Waals surface area (Å²) in [6, 6.07) is 7.80. The molecule has 0 aliphatic rings. The second-order valence-electron chi connectivity index (χ2n) is 12.4. The number of aromatic nitrogens is 2. The number of anilines is 1. The van der Waals surface area contributed by atoms with E-state index in [1.54, 1.807) is 45.0 Å². The van der Waals surface area contributed by atoms with Crippen LogP contribution in [0.1, 0.15) is 71.7 Å². The highest BCUT2D eigenvalue weighted by Crippen LogP contribution is 2.33. The van der Waals surface area contributed by atoms with E-state index in [1.165, 1.54) is 20.8 Å². The Morgan fingerprint density at radius 2 is 1.64 bits per heavy atom. The number of halogens is 4. The second-order valence-corrected chi connectivity index (χ2v) is 12.4. The van der Waals surface area contributed by atoms with Gasteiger partial charge in [0.2, 0.25) is 5.91 Å². The van der Waals surface area contributed by atoms with E-state index in [2.05, 4.69) is 20.9 Å². The monoisotopic (exact) mass is 709 g/mol. The third-order valence-corrected chi connectivity index (χ3v) is 6.68. The zero-order chi connectivity index (χ0) is 36.6. The number of rotatable bonds is 13. The van der Waals surface area contributed by atoms with Gasteiger partial charge in [-0.25, -0.2) is 19.0 Å². The SMILES string of the molecule is C.CCOC(=O)C(c1ccc(C(F)(F)F)cc1F)n1cnc(NC(=O)C(COCc2ccccc2)NC(=O)C(C)(C)NC(=O)OC(C)(C)C)c1. The van der Waals surface area contributed by atoms with E-state index in [-0.39, 0.29) is 39.1 Å². The Bertz CT molecular complexity index is 1620. The molecule has 2 atom stereocenters. The Balaban J connectivity index is 0.00000867. The summed E-state index contributed by atoms with van der Waals surface area (Å²) in [5.41, 5.74) is -3.26. The standard InChI is InChI=1S/C33H39F4N5O7.CH4/c1-7-48-28(44)26(22-14-13-21(15-23(22)34)33(35,36)37)42-16-25(38-19-42)40-27(43)24(18-47-17-20-11-9-8-10-12-20)39-29(45)32(5,6)41-30(46)49-31(2,3)4;/h8-16,19,24,26H,7,17-18H2,1-6H3,(H,39,45)(H,40,43)(H,41,46);1H4. The number of ether oxygens (including phenoxy) is 3. The fourth-order valence-electron chi connectivity index (χ4n) is 4.32. The first-order valence-electron chi connectivity index (χ1n) is 15.1. The van der Waals surface area contributed by atoms with E-state index in [0.717, 1.165) is 28.7 Å². The van der Waals surface area contributed by atoms with Gasteiger partial charge in [0.15, 0.2) is 11.9 Å². The number of alkyl carbamates (subject to hydrolysis) is 1. The van der Waals surface area contributed by atoms with Crippen LogP contribution in [0.15, 0.2) is 61.1 Å². The van der Waals surface area contributed by atoms with E-state index >= 15 is 0 Å². The van der Waals surface area contributed by atoms with Crippen molar-refractivity contribution >= 4 is 29.7 Å². The highest BCUT2D eigenvalue weighted by atomic mass is 19.4. The number of benzene rings is 2. The number of amides is 3. The van der Waals surface area contributed by atoms with E-state index in [1.807, 2.05) is 6.07 Å². The minimum Gasteiger partial charge on any atom is -0.464 e. The Morgan fingerprint density at radius 3 is 2.22 bits per heavy atom. The number of hydrogen-bond acceptors (Lipinski definition) is 8. The molecule has 50 heavy (non-hydrogen) atoms. The molecule has 0 radical (unpaired) electrons. The third-order valence-electron chi connectivity index (χ3n) is 6.68. The van der Waals surface area contributed by atoms with Gasteiger partial charge in [0.25, 0.3) is 5.91 Å². The Labute approximate surface area is 287 Å². The lowest BCUT2D eigenvalue weighted by Gasteiger charge is -2.29. The van der Waals surface area contributed by atoms with Crippen molar-refractivity contribution in [1.29, 1.82) is 0 Å². The Kier molecular flexibility index (Phi) is 14.1. The third kappa shape index (κ3) is 11.9. The van der Waals surface area contributed by atoms with E-state index in [0.29, 0.717) is 6.07 Å². The lowest BCUT2D eigenvalue weighted by atomic mass is 10.0. The lowest BCUT2D eigenvalue weighted by Crippen LogP contribution is -2.59. The normalized spacial score (nSPS) is 12.9. The van der Waals surface area contributed by atoms with Gasteiger partial charge in [-0.3, -0.25) is 9.59 Å². The van der Waals surface area contributed by atoms with E-state index < -0.39 is 70.2 Å². The summed E-state index contributed by atoms with van der Waals surface area (Å²) >= 11 is 0. The summed E-state index contributed by atoms with van der Waals surface area (Å²) in [6.07, 6.45) is -3.47. The Morgan fingerprint density at radius 1 is 0.980 bits per heavy atom. The van der Waals surface area contributed by atoms with Crippen molar-refractivity contribution in [2.75, 3.05) is 18.5 Å². The molecule has 0 bridgehead atoms. The molecule has 0 aliphatic heterocycles. The molecule has 3 aromatic rings. The maximum Gasteiger partial charge on any atom is 0.416 e. The molecule has 3 rings (SSSR count). The number of carbonyl (C=O) groups excluding carboxylic acids is 4. The number of carbonyl (C=O) groups is 4. The molecular weight excluding hydrogens is 666 g/mol. The van der Waals surface area contributed by atoms with Crippen LogP contribution in [0.5, 0.6) is 0 Å². The molecule has 0 spiro atoms. The largest absolute Gasteiger partial charge is 0.464 e. The maximum absolute atomic E-state index is 15.0. The zero-order valence-electron chi connectivity index (χ0n) is 27.8. The van der Waals surface area contributed by atoms with Crippen LogP contribution in [-0.2, 0) is 41.4 Å². The summed E-state index contributed by atoms with van der Waals surface area (Å²) < 4.78 is 71.4. The average Bonchev–Trinajstić information content (AvgIpc) is 3.44. The number of nitrogens with zero attached hydrogens (tertiary/aromatic N) is 2. The summed E-state index contributed by atoms with van der Waals surface area (Å²) in [6.45, 7) is 8.93. The quantitative estimate of drug-likeness (QED) is 0.150. The molecule has 0 saturated carbocycles. The van der Waals surface area contributed by atoms with Gasteiger partial charge in [-0.2, -0.15) is 13.2 Å². The molecule has 2 unspecified atom stereocenters. The van der Waals surface area contributed by atoms with Crippen LogP contribution in [0.2, 0.25) is 0 Å². The molecule has 2 aromatic carbocycles. The summed E-state index contributed by atoms with van der Waals surface area (Å²) in [5.74, 6) is -4.02. The maximum atomic E-state index is 15.0. The minimum absolute atomic E-state index is 0. The van der Waals surface area contributed by atoms with Gasteiger partial charge in [0, 0.05) is 11.8 Å². The predicted molar refractivity (Wildman–Crippen MR) is 175 cm³/mol. The van der Waals surface area contributed by atoms with Crippen molar-refractivity contribution in [1.82, 2.24) is 20.2 Å². The molecule has 0 aliphatic carbocycles. The smallest absolute Gasteiger partial charge is 0.416 e. The van der Waals surface area contributed by atoms with Crippen LogP contribution in [0, 0.1) is 5.82 Å². The molecule has 0 fully saturated rings. The molecule has 16 heteroatoms. The van der Waals surface area contributed by atoms with Crippen molar-refractivity contribution in [2.24, 2.45) is 0 Å². The van der Waals surface area contributed by atoms with Crippen LogP contribution in [0.3, 0.4) is 0 Å². The fourth-order valence-corrected chi connectivity index (χ4v) is 4.32. The zero-order valence-corrected chi connectivity index (χ0v) is 27.8. The number of imidazole rings is 1. The Hall–Kier alpha value is -4.99. The van der Waals surface area contributed by atoms with Crippen molar-refractivity contribution in [2.45, 2.75) is 85.0 Å². The predicted octanol–water partition coefficient (Wildman–Crippen LogP) is 5.77. The van der Waals surface area contributed by atoms with Gasteiger partial charge < -0.3 is 34.7 Å². The first-order valence-corrected chi connectivity index (χ1v) is 15.1. The van der Waals surface area contributed by atoms with Gasteiger partial charge in [-0.1, -0.05) is 43.8 Å². The van der Waals surface area contributed by atoms with Crippen LogP contribution in [-0.4, -0.2) is 63.8 Å². The molecular formula is C34H43F4N5O7. The first-order chi connectivity index (χ1) is 22.8. The molecule has 1 heterocycles. The van der Waals surface area contributed by atoms with Gasteiger partial charge in [-0.05, 0) is 59.2 Å². The molecule has 3 amide bonds. The summed E-state index contributed by atoms with van der Waals surface area (Å²) in [4.78, 5) is 56.0. The van der Waals surface area contributed by atoms with Crippen LogP contribution < -0.4 is 16.0 Å². The number of alkyl halides is 3. The first kappa shape index (κ1) is 41.2. The highest BCUT2D eigenvalue weighted by Gasteiger charge is 2.36. The number of esters is 1. The van der Waals surface area contributed by atoms with Crippen molar-refractivity contribution in [3.05, 3.63) is 83.6 Å². The summed E-state index contributed by atoms with van der Waals surface area (Å²) in [7, 11) is 0. The molecule has 3 N–H and O–H groups in total. The fraction of sp³-hybridized carbons (Fsp3) is 0.441. The second kappa shape index (κ2) is 17.1. The number of hydrogen-bond donors (Lipinski definition) is 3. The molecule has 274 valence electrons. The summed E-state index contributed by atoms with van der Waals surface area (Å²) in [5, 5.41) is 7.50. The van der Waals surface area contributed by atoms with E-state index in [4.69, 9.17) is 14.2 Å².